The van der Waals surface area contributed by atoms with Gasteiger partial charge in [0.1, 0.15) is 9.84 Å². The maximum absolute atomic E-state index is 11.5. The summed E-state index contributed by atoms with van der Waals surface area (Å²) < 4.78 is 22.9. The van der Waals surface area contributed by atoms with Gasteiger partial charge >= 0.3 is 0 Å². The van der Waals surface area contributed by atoms with Gasteiger partial charge in [-0.3, -0.25) is 14.5 Å². The van der Waals surface area contributed by atoms with Gasteiger partial charge in [0.25, 0.3) is 11.8 Å². The van der Waals surface area contributed by atoms with E-state index in [0.717, 1.165) is 4.90 Å². The maximum atomic E-state index is 11.5. The molecule has 0 aromatic heterocycles. The number of nitrogens with zero attached hydrogens (tertiary/aromatic N) is 1. The molecule has 17 heavy (non-hydrogen) atoms. The lowest BCUT2D eigenvalue weighted by Crippen LogP contribution is -2.32. The highest BCUT2D eigenvalue weighted by atomic mass is 32.2. The number of amides is 2. The van der Waals surface area contributed by atoms with Crippen LogP contribution in [0.25, 0.3) is 0 Å². The fourth-order valence-electron chi connectivity index (χ4n) is 1.50. The Bertz CT molecular complexity index is 410. The van der Waals surface area contributed by atoms with E-state index in [1.807, 2.05) is 0 Å². The highest BCUT2D eigenvalue weighted by Gasteiger charge is 2.23. The Labute approximate surface area is 100 Å². The summed E-state index contributed by atoms with van der Waals surface area (Å²) >= 11 is 0. The van der Waals surface area contributed by atoms with Gasteiger partial charge < -0.3 is 5.73 Å². The first-order valence-electron chi connectivity index (χ1n) is 5.40. The molecule has 96 valence electrons. The number of carbonyl (C=O) groups excluding carboxylic acids is 2. The van der Waals surface area contributed by atoms with Gasteiger partial charge in [-0.2, -0.15) is 0 Å². The second-order valence-corrected chi connectivity index (χ2v) is 6.11. The zero-order valence-electron chi connectivity index (χ0n) is 9.46. The molecule has 0 atom stereocenters. The molecule has 1 rings (SSSR count). The highest BCUT2D eigenvalue weighted by Crippen LogP contribution is 2.05. The Balaban J connectivity index is 2.33. The summed E-state index contributed by atoms with van der Waals surface area (Å²) in [6.45, 7) is 0.485. The van der Waals surface area contributed by atoms with E-state index >= 15 is 0 Å². The van der Waals surface area contributed by atoms with Crippen LogP contribution in [-0.2, 0) is 19.4 Å². The number of hydrogen-bond donors (Lipinski definition) is 1. The van der Waals surface area contributed by atoms with Gasteiger partial charge in [-0.15, -0.1) is 0 Å². The third-order valence-corrected chi connectivity index (χ3v) is 4.22. The summed E-state index contributed by atoms with van der Waals surface area (Å²) in [6.07, 6.45) is 3.08. The van der Waals surface area contributed by atoms with Crippen LogP contribution in [0, 0.1) is 0 Å². The fraction of sp³-hybridized carbons (Fsp3) is 0.600. The van der Waals surface area contributed by atoms with Crippen molar-refractivity contribution >= 4 is 21.7 Å². The lowest BCUT2D eigenvalue weighted by molar-refractivity contribution is -0.136. The monoisotopic (exact) mass is 260 g/mol. The predicted octanol–water partition coefficient (Wildman–Crippen LogP) is -0.935. The SMILES string of the molecule is NCCCS(=O)(=O)CCCN1C(=O)C=CC1=O. The number of rotatable bonds is 7. The Morgan fingerprint density at radius 3 is 2.12 bits per heavy atom. The zero-order valence-corrected chi connectivity index (χ0v) is 10.3. The first-order chi connectivity index (χ1) is 7.96. The van der Waals surface area contributed by atoms with Crippen LogP contribution in [0.2, 0.25) is 0 Å². The normalized spacial score (nSPS) is 15.9. The molecular weight excluding hydrogens is 244 g/mol. The molecule has 0 fully saturated rings. The smallest absolute Gasteiger partial charge is 0.253 e. The van der Waals surface area contributed by atoms with Gasteiger partial charge in [0, 0.05) is 18.7 Å². The van der Waals surface area contributed by atoms with Crippen LogP contribution in [0.1, 0.15) is 12.8 Å². The molecule has 0 unspecified atom stereocenters. The summed E-state index contributed by atoms with van der Waals surface area (Å²) in [4.78, 5) is 23.4. The molecular formula is C10H16N2O4S. The van der Waals surface area contributed by atoms with Crippen molar-refractivity contribution in [2.45, 2.75) is 12.8 Å². The van der Waals surface area contributed by atoms with E-state index in [1.54, 1.807) is 0 Å². The number of hydrogen-bond acceptors (Lipinski definition) is 5. The molecule has 1 aliphatic rings. The van der Waals surface area contributed by atoms with Crippen molar-refractivity contribution < 1.29 is 18.0 Å². The van der Waals surface area contributed by atoms with Crippen molar-refractivity contribution in [1.82, 2.24) is 4.90 Å². The second-order valence-electron chi connectivity index (χ2n) is 3.81. The van der Waals surface area contributed by atoms with Gasteiger partial charge in [-0.25, -0.2) is 8.42 Å². The summed E-state index contributed by atoms with van der Waals surface area (Å²) in [6, 6.07) is 0. The molecule has 0 bridgehead atoms. The molecule has 6 nitrogen and oxygen atoms in total. The highest BCUT2D eigenvalue weighted by molar-refractivity contribution is 7.91. The van der Waals surface area contributed by atoms with E-state index in [0.29, 0.717) is 13.0 Å². The lowest BCUT2D eigenvalue weighted by Gasteiger charge is -2.13. The van der Waals surface area contributed by atoms with E-state index in [-0.39, 0.29) is 36.3 Å². The van der Waals surface area contributed by atoms with Gasteiger partial charge in [-0.05, 0) is 19.4 Å². The summed E-state index contributed by atoms with van der Waals surface area (Å²) in [5.41, 5.74) is 5.23. The van der Waals surface area contributed by atoms with E-state index in [9.17, 15) is 18.0 Å². The largest absolute Gasteiger partial charge is 0.330 e. The van der Waals surface area contributed by atoms with Crippen molar-refractivity contribution in [2.24, 2.45) is 5.73 Å². The number of imide groups is 1. The molecule has 7 heteroatoms. The number of sulfone groups is 1. The third kappa shape index (κ3) is 4.27. The minimum absolute atomic E-state index is 0.0238. The minimum Gasteiger partial charge on any atom is -0.330 e. The first-order valence-corrected chi connectivity index (χ1v) is 7.22. The quantitative estimate of drug-likeness (QED) is 0.596. The van der Waals surface area contributed by atoms with E-state index < -0.39 is 9.84 Å². The first kappa shape index (κ1) is 13.9. The molecule has 0 radical (unpaired) electrons. The van der Waals surface area contributed by atoms with Gasteiger partial charge in [0.15, 0.2) is 0 Å². The minimum atomic E-state index is -3.12. The average Bonchev–Trinajstić information content (AvgIpc) is 2.58. The van der Waals surface area contributed by atoms with Gasteiger partial charge in [-0.1, -0.05) is 0 Å². The Morgan fingerprint density at radius 2 is 1.59 bits per heavy atom. The second kappa shape index (κ2) is 5.92. The molecule has 0 aromatic carbocycles. The van der Waals surface area contributed by atoms with Crippen LogP contribution in [0.5, 0.6) is 0 Å². The lowest BCUT2D eigenvalue weighted by atomic mass is 10.4. The Morgan fingerprint density at radius 1 is 1.06 bits per heavy atom. The molecule has 1 aliphatic heterocycles. The molecule has 0 saturated heterocycles. The van der Waals surface area contributed by atoms with Crippen molar-refractivity contribution in [3.05, 3.63) is 12.2 Å². The number of carbonyl (C=O) groups is 2. The van der Waals surface area contributed by atoms with Gasteiger partial charge in [0.05, 0.1) is 11.5 Å². The van der Waals surface area contributed by atoms with E-state index in [1.165, 1.54) is 12.2 Å². The van der Waals surface area contributed by atoms with Crippen LogP contribution in [0.3, 0.4) is 0 Å². The van der Waals surface area contributed by atoms with Crippen LogP contribution in [0.15, 0.2) is 12.2 Å². The van der Waals surface area contributed by atoms with Crippen LogP contribution < -0.4 is 5.73 Å². The molecule has 2 amide bonds. The van der Waals surface area contributed by atoms with Crippen LogP contribution in [0.4, 0.5) is 0 Å². The average molecular weight is 260 g/mol. The summed E-state index contributed by atoms with van der Waals surface area (Å²) in [7, 11) is -3.12. The van der Waals surface area contributed by atoms with Crippen molar-refractivity contribution in [3.8, 4) is 0 Å². The number of nitrogens with two attached hydrogens (primary N) is 1. The Kier molecular flexibility index (Phi) is 4.83. The topological polar surface area (TPSA) is 97.5 Å². The summed E-state index contributed by atoms with van der Waals surface area (Å²) in [5, 5.41) is 0. The zero-order chi connectivity index (χ0) is 12.9. The standard InChI is InChI=1S/C10H16N2O4S/c11-5-1-7-17(15,16)8-2-6-12-9(13)3-4-10(12)14/h3-4H,1-2,5-8,11H2. The van der Waals surface area contributed by atoms with Crippen LogP contribution >= 0.6 is 0 Å². The summed E-state index contributed by atoms with van der Waals surface area (Å²) in [5.74, 6) is -0.725. The maximum Gasteiger partial charge on any atom is 0.253 e. The predicted molar refractivity (Wildman–Crippen MR) is 62.8 cm³/mol. The molecule has 0 spiro atoms. The van der Waals surface area contributed by atoms with Crippen molar-refractivity contribution in [3.63, 3.8) is 0 Å². The fourth-order valence-corrected chi connectivity index (χ4v) is 2.88. The van der Waals surface area contributed by atoms with Gasteiger partial charge in [0.2, 0.25) is 0 Å². The van der Waals surface area contributed by atoms with E-state index in [4.69, 9.17) is 5.73 Å². The Hall–Kier alpha value is -1.21. The van der Waals surface area contributed by atoms with Crippen molar-refractivity contribution in [1.29, 1.82) is 0 Å². The molecule has 0 saturated carbocycles. The molecule has 2 N–H and O–H groups in total. The van der Waals surface area contributed by atoms with Crippen LogP contribution in [-0.4, -0.2) is 49.7 Å². The van der Waals surface area contributed by atoms with Crippen molar-refractivity contribution in [2.75, 3.05) is 24.6 Å². The third-order valence-electron chi connectivity index (χ3n) is 2.40. The molecule has 0 aromatic rings. The van der Waals surface area contributed by atoms with E-state index in [2.05, 4.69) is 0 Å². The molecule has 1 heterocycles. The molecule has 0 aliphatic carbocycles.